The maximum atomic E-state index is 13.2. The Hall–Kier alpha value is -3.45. The van der Waals surface area contributed by atoms with E-state index in [0.717, 1.165) is 5.69 Å². The summed E-state index contributed by atoms with van der Waals surface area (Å²) < 4.78 is 2.72. The van der Waals surface area contributed by atoms with E-state index in [0.29, 0.717) is 28.8 Å². The number of fused-ring (bicyclic) bond motifs is 1. The number of carbonyl (C=O) groups is 1. The van der Waals surface area contributed by atoms with Crippen molar-refractivity contribution in [3.8, 4) is 5.69 Å². The van der Waals surface area contributed by atoms with Gasteiger partial charge in [0.25, 0.3) is 11.5 Å². The van der Waals surface area contributed by atoms with Crippen LogP contribution in [-0.2, 0) is 6.42 Å². The van der Waals surface area contributed by atoms with Crippen LogP contribution in [0, 0.1) is 12.8 Å². The minimum atomic E-state index is -0.520. The standard InChI is InChI=1S/C23H22ClN5O2/c1-14(2)13-19-25-18-12-8-7-11-17(18)23(31)29(19)27-22(30)20-15(3)26-28(21(20)24)16-9-5-4-6-10-16/h4-12,14H,13H2,1-3H3,(H,27,30). The van der Waals surface area contributed by atoms with Gasteiger partial charge in [-0.1, -0.05) is 55.8 Å². The first-order chi connectivity index (χ1) is 14.9. The molecule has 0 aliphatic rings. The van der Waals surface area contributed by atoms with E-state index in [2.05, 4.69) is 15.5 Å². The number of rotatable bonds is 5. The molecule has 31 heavy (non-hydrogen) atoms. The number of halogens is 1. The van der Waals surface area contributed by atoms with Crippen LogP contribution in [0.4, 0.5) is 0 Å². The number of hydrogen-bond donors (Lipinski definition) is 1. The molecule has 0 saturated heterocycles. The van der Waals surface area contributed by atoms with Crippen LogP contribution in [0.5, 0.6) is 0 Å². The van der Waals surface area contributed by atoms with Crippen molar-refractivity contribution in [3.63, 3.8) is 0 Å². The van der Waals surface area contributed by atoms with Gasteiger partial charge in [-0.2, -0.15) is 5.10 Å². The monoisotopic (exact) mass is 435 g/mol. The van der Waals surface area contributed by atoms with E-state index in [1.165, 1.54) is 9.36 Å². The fourth-order valence-corrected chi connectivity index (χ4v) is 3.81. The van der Waals surface area contributed by atoms with Crippen LogP contribution in [0.3, 0.4) is 0 Å². The number of hydrogen-bond acceptors (Lipinski definition) is 4. The van der Waals surface area contributed by atoms with Crippen LogP contribution >= 0.6 is 11.6 Å². The fourth-order valence-electron chi connectivity index (χ4n) is 3.45. The second kappa shape index (κ2) is 8.35. The van der Waals surface area contributed by atoms with Crippen LogP contribution in [0.15, 0.2) is 59.4 Å². The molecule has 158 valence electrons. The van der Waals surface area contributed by atoms with Crippen LogP contribution in [0.2, 0.25) is 5.15 Å². The van der Waals surface area contributed by atoms with Gasteiger partial charge in [-0.05, 0) is 37.1 Å². The van der Waals surface area contributed by atoms with Crippen molar-refractivity contribution in [2.75, 3.05) is 5.43 Å². The first-order valence-electron chi connectivity index (χ1n) is 9.99. The molecule has 0 bridgehead atoms. The van der Waals surface area contributed by atoms with E-state index in [1.807, 2.05) is 50.2 Å². The van der Waals surface area contributed by atoms with Crippen molar-refractivity contribution >= 4 is 28.4 Å². The van der Waals surface area contributed by atoms with Gasteiger partial charge in [-0.15, -0.1) is 0 Å². The molecule has 0 radical (unpaired) electrons. The second-order valence-corrected chi connectivity index (χ2v) is 8.08. The van der Waals surface area contributed by atoms with E-state index < -0.39 is 5.91 Å². The van der Waals surface area contributed by atoms with Crippen LogP contribution in [0.1, 0.15) is 35.7 Å². The lowest BCUT2D eigenvalue weighted by atomic mass is 10.1. The van der Waals surface area contributed by atoms with Gasteiger partial charge in [0, 0.05) is 6.42 Å². The number of nitrogens with zero attached hydrogens (tertiary/aromatic N) is 4. The summed E-state index contributed by atoms with van der Waals surface area (Å²) in [5.74, 6) is 0.201. The smallest absolute Gasteiger partial charge is 0.267 e. The molecule has 4 rings (SSSR count). The van der Waals surface area contributed by atoms with Crippen molar-refractivity contribution in [1.29, 1.82) is 0 Å². The molecule has 2 aromatic heterocycles. The third-order valence-electron chi connectivity index (χ3n) is 4.88. The Labute approximate surface area is 184 Å². The molecule has 0 spiro atoms. The molecule has 0 unspecified atom stereocenters. The normalized spacial score (nSPS) is 11.3. The summed E-state index contributed by atoms with van der Waals surface area (Å²) in [6.07, 6.45) is 0.524. The zero-order valence-electron chi connectivity index (χ0n) is 17.5. The van der Waals surface area contributed by atoms with Gasteiger partial charge in [0.05, 0.1) is 22.3 Å². The Morgan fingerprint density at radius 1 is 1.10 bits per heavy atom. The number of benzene rings is 2. The van der Waals surface area contributed by atoms with Crippen LogP contribution in [-0.4, -0.2) is 25.3 Å². The lowest BCUT2D eigenvalue weighted by Gasteiger charge is -2.15. The van der Waals surface area contributed by atoms with Gasteiger partial charge < -0.3 is 0 Å². The van der Waals surface area contributed by atoms with E-state index in [4.69, 9.17) is 11.6 Å². The zero-order chi connectivity index (χ0) is 22.1. The highest BCUT2D eigenvalue weighted by atomic mass is 35.5. The SMILES string of the molecule is Cc1nn(-c2ccccc2)c(Cl)c1C(=O)Nn1c(CC(C)C)nc2ccccc2c1=O. The van der Waals surface area contributed by atoms with Crippen molar-refractivity contribution in [2.24, 2.45) is 5.92 Å². The minimum Gasteiger partial charge on any atom is -0.267 e. The van der Waals surface area contributed by atoms with E-state index in [1.54, 1.807) is 25.1 Å². The highest BCUT2D eigenvalue weighted by Crippen LogP contribution is 2.23. The van der Waals surface area contributed by atoms with Crippen LogP contribution in [0.25, 0.3) is 16.6 Å². The number of carbonyl (C=O) groups excluding carboxylic acids is 1. The summed E-state index contributed by atoms with van der Waals surface area (Å²) in [5, 5.41) is 5.01. The van der Waals surface area contributed by atoms with Gasteiger partial charge >= 0.3 is 0 Å². The minimum absolute atomic E-state index is 0.174. The first kappa shape index (κ1) is 20.8. The Kier molecular flexibility index (Phi) is 5.61. The number of para-hydroxylation sites is 2. The number of aryl methyl sites for hydroxylation is 1. The molecule has 8 heteroatoms. The average molecular weight is 436 g/mol. The molecule has 7 nitrogen and oxygen atoms in total. The maximum Gasteiger partial charge on any atom is 0.280 e. The van der Waals surface area contributed by atoms with Gasteiger partial charge in [0.1, 0.15) is 16.5 Å². The molecule has 4 aromatic rings. The quantitative estimate of drug-likeness (QED) is 0.511. The summed E-state index contributed by atoms with van der Waals surface area (Å²) in [4.78, 5) is 31.0. The molecule has 0 aliphatic heterocycles. The summed E-state index contributed by atoms with van der Waals surface area (Å²) in [6, 6.07) is 16.4. The molecule has 0 aliphatic carbocycles. The highest BCUT2D eigenvalue weighted by molar-refractivity contribution is 6.33. The first-order valence-corrected chi connectivity index (χ1v) is 10.4. The predicted molar refractivity (Wildman–Crippen MR) is 122 cm³/mol. The predicted octanol–water partition coefficient (Wildman–Crippen LogP) is 4.13. The van der Waals surface area contributed by atoms with Gasteiger partial charge in [0.2, 0.25) is 0 Å². The molecular weight excluding hydrogens is 414 g/mol. The zero-order valence-corrected chi connectivity index (χ0v) is 18.2. The molecule has 1 amide bonds. The molecule has 0 fully saturated rings. The lowest BCUT2D eigenvalue weighted by molar-refractivity contribution is 0.101. The number of aromatic nitrogens is 4. The van der Waals surface area contributed by atoms with Crippen LogP contribution < -0.4 is 11.0 Å². The summed E-state index contributed by atoms with van der Waals surface area (Å²) in [6.45, 7) is 5.76. The van der Waals surface area contributed by atoms with Crippen molar-refractivity contribution in [3.05, 3.63) is 87.2 Å². The summed E-state index contributed by atoms with van der Waals surface area (Å²) in [5.41, 5.74) is 4.37. The molecule has 2 aromatic carbocycles. The lowest BCUT2D eigenvalue weighted by Crippen LogP contribution is -2.37. The van der Waals surface area contributed by atoms with Gasteiger partial charge in [-0.3, -0.25) is 15.0 Å². The van der Waals surface area contributed by atoms with E-state index in [9.17, 15) is 9.59 Å². The number of amides is 1. The maximum absolute atomic E-state index is 13.2. The molecular formula is C23H22ClN5O2. The number of nitrogens with one attached hydrogen (secondary N) is 1. The third-order valence-corrected chi connectivity index (χ3v) is 5.23. The topological polar surface area (TPSA) is 81.8 Å². The van der Waals surface area contributed by atoms with Gasteiger partial charge in [0.15, 0.2) is 0 Å². The molecule has 1 N–H and O–H groups in total. The molecule has 0 saturated carbocycles. The Morgan fingerprint density at radius 3 is 2.48 bits per heavy atom. The van der Waals surface area contributed by atoms with Gasteiger partial charge in [-0.25, -0.2) is 14.3 Å². The summed E-state index contributed by atoms with van der Waals surface area (Å²) in [7, 11) is 0. The second-order valence-electron chi connectivity index (χ2n) is 7.72. The van der Waals surface area contributed by atoms with Crippen molar-refractivity contribution in [2.45, 2.75) is 27.2 Å². The summed E-state index contributed by atoms with van der Waals surface area (Å²) >= 11 is 6.52. The van der Waals surface area contributed by atoms with Crippen molar-refractivity contribution in [1.82, 2.24) is 19.4 Å². The fraction of sp³-hybridized carbons (Fsp3) is 0.217. The van der Waals surface area contributed by atoms with E-state index in [-0.39, 0.29) is 22.2 Å². The highest BCUT2D eigenvalue weighted by Gasteiger charge is 2.23. The Balaban J connectivity index is 1.78. The van der Waals surface area contributed by atoms with E-state index >= 15 is 0 Å². The molecule has 0 atom stereocenters. The molecule has 2 heterocycles. The largest absolute Gasteiger partial charge is 0.280 e. The van der Waals surface area contributed by atoms with Crippen molar-refractivity contribution < 1.29 is 4.79 Å². The average Bonchev–Trinajstić information content (AvgIpc) is 3.05. The Morgan fingerprint density at radius 2 is 1.77 bits per heavy atom. The Bertz CT molecular complexity index is 1330. The third kappa shape index (κ3) is 3.96.